The third kappa shape index (κ3) is 3.40. The molecule has 76 valence electrons. The summed E-state index contributed by atoms with van der Waals surface area (Å²) < 4.78 is 0. The van der Waals surface area contributed by atoms with Crippen LogP contribution < -0.4 is 0 Å². The first-order valence-electron chi connectivity index (χ1n) is 3.83. The van der Waals surface area contributed by atoms with Gasteiger partial charge in [0.25, 0.3) is 0 Å². The smallest absolute Gasteiger partial charge is 0.313 e. The van der Waals surface area contributed by atoms with Crippen molar-refractivity contribution in [1.82, 2.24) is 0 Å². The minimum absolute atomic E-state index is 0.0571. The highest BCUT2D eigenvalue weighted by Crippen LogP contribution is 2.27. The van der Waals surface area contributed by atoms with Crippen molar-refractivity contribution in [2.24, 2.45) is 0 Å². The van der Waals surface area contributed by atoms with Gasteiger partial charge < -0.3 is 5.11 Å². The number of benzene rings is 1. The van der Waals surface area contributed by atoms with E-state index >= 15 is 0 Å². The molecule has 0 heterocycles. The second-order valence-corrected chi connectivity index (χ2v) is 4.39. The van der Waals surface area contributed by atoms with Crippen molar-refractivity contribution in [2.75, 3.05) is 5.75 Å². The van der Waals surface area contributed by atoms with Crippen molar-refractivity contribution in [2.45, 2.75) is 5.75 Å². The first-order chi connectivity index (χ1) is 6.61. The molecule has 5 heteroatoms. The van der Waals surface area contributed by atoms with Gasteiger partial charge >= 0.3 is 5.97 Å². The molecule has 0 spiro atoms. The minimum atomic E-state index is -0.835. The van der Waals surface area contributed by atoms with E-state index < -0.39 is 5.97 Å². The van der Waals surface area contributed by atoms with Crippen molar-refractivity contribution < 1.29 is 9.90 Å². The van der Waals surface area contributed by atoms with Gasteiger partial charge in [-0.15, -0.1) is 11.8 Å². The molecule has 0 aliphatic carbocycles. The van der Waals surface area contributed by atoms with Crippen LogP contribution in [0.25, 0.3) is 0 Å². The lowest BCUT2D eigenvalue weighted by molar-refractivity contribution is -0.133. The number of carboxylic acids is 1. The Morgan fingerprint density at radius 3 is 2.43 bits per heavy atom. The highest BCUT2D eigenvalue weighted by Gasteiger charge is 2.06. The fourth-order valence-corrected chi connectivity index (χ4v) is 2.39. The summed E-state index contributed by atoms with van der Waals surface area (Å²) in [5.74, 6) is -0.259. The van der Waals surface area contributed by atoms with E-state index in [1.54, 1.807) is 18.2 Å². The largest absolute Gasteiger partial charge is 0.481 e. The third-order valence-electron chi connectivity index (χ3n) is 1.53. The van der Waals surface area contributed by atoms with Crippen LogP contribution in [0.4, 0.5) is 0 Å². The lowest BCUT2D eigenvalue weighted by atomic mass is 10.2. The van der Waals surface area contributed by atoms with E-state index in [9.17, 15) is 4.79 Å². The van der Waals surface area contributed by atoms with Crippen molar-refractivity contribution in [3.63, 3.8) is 0 Å². The molecule has 1 N–H and O–H groups in total. The summed E-state index contributed by atoms with van der Waals surface area (Å²) in [5.41, 5.74) is 0.794. The Morgan fingerprint density at radius 2 is 1.93 bits per heavy atom. The monoisotopic (exact) mass is 250 g/mol. The molecule has 1 aromatic rings. The molecule has 0 aliphatic heterocycles. The highest BCUT2D eigenvalue weighted by atomic mass is 35.5. The minimum Gasteiger partial charge on any atom is -0.481 e. The molecule has 0 saturated carbocycles. The fourth-order valence-electron chi connectivity index (χ4n) is 0.911. The van der Waals surface area contributed by atoms with Crippen molar-refractivity contribution >= 4 is 40.9 Å². The zero-order valence-corrected chi connectivity index (χ0v) is 9.49. The summed E-state index contributed by atoms with van der Waals surface area (Å²) in [6, 6.07) is 5.24. The predicted molar refractivity (Wildman–Crippen MR) is 60.3 cm³/mol. The summed E-state index contributed by atoms with van der Waals surface area (Å²) in [6.45, 7) is 0. The number of carbonyl (C=O) groups is 1. The van der Waals surface area contributed by atoms with Gasteiger partial charge in [0.1, 0.15) is 0 Å². The number of rotatable bonds is 4. The summed E-state index contributed by atoms with van der Waals surface area (Å²) in [4.78, 5) is 10.3. The molecule has 0 bridgehead atoms. The number of hydrogen-bond donors (Lipinski definition) is 1. The molecule has 14 heavy (non-hydrogen) atoms. The van der Waals surface area contributed by atoms with E-state index in [1.165, 1.54) is 11.8 Å². The van der Waals surface area contributed by atoms with E-state index in [1.807, 2.05) is 0 Å². The van der Waals surface area contributed by atoms with E-state index in [0.29, 0.717) is 15.8 Å². The lowest BCUT2D eigenvalue weighted by Gasteiger charge is -2.04. The first-order valence-corrected chi connectivity index (χ1v) is 5.74. The molecule has 0 fully saturated rings. The molecule has 0 radical (unpaired) electrons. The Bertz CT molecular complexity index is 321. The molecule has 0 aliphatic rings. The predicted octanol–water partition coefficient (Wildman–Crippen LogP) is 3.31. The fraction of sp³-hybridized carbons (Fsp3) is 0.222. The van der Waals surface area contributed by atoms with Crippen molar-refractivity contribution in [3.05, 3.63) is 33.8 Å². The van der Waals surface area contributed by atoms with Gasteiger partial charge in [-0.2, -0.15) is 0 Å². The van der Waals surface area contributed by atoms with E-state index in [0.717, 1.165) is 5.56 Å². The quantitative estimate of drug-likeness (QED) is 0.891. The zero-order chi connectivity index (χ0) is 10.6. The van der Waals surface area contributed by atoms with Gasteiger partial charge in [-0.05, 0) is 17.7 Å². The van der Waals surface area contributed by atoms with Crippen LogP contribution in [0.3, 0.4) is 0 Å². The molecule has 1 rings (SSSR count). The van der Waals surface area contributed by atoms with E-state index in [2.05, 4.69) is 0 Å². The zero-order valence-electron chi connectivity index (χ0n) is 7.17. The second-order valence-electron chi connectivity index (χ2n) is 2.59. The van der Waals surface area contributed by atoms with E-state index in [-0.39, 0.29) is 5.75 Å². The van der Waals surface area contributed by atoms with Gasteiger partial charge in [0.05, 0.1) is 5.75 Å². The standard InChI is InChI=1S/C9H8Cl2O2S/c10-7-2-1-3-8(11)6(7)4-14-5-9(12)13/h1-3H,4-5H2,(H,12,13). The van der Waals surface area contributed by atoms with Crippen LogP contribution in [0, 0.1) is 0 Å². The van der Waals surface area contributed by atoms with Crippen LogP contribution in [0.15, 0.2) is 18.2 Å². The average Bonchev–Trinajstić information content (AvgIpc) is 2.09. The van der Waals surface area contributed by atoms with Gasteiger partial charge in [0, 0.05) is 15.8 Å². The molecule has 0 aromatic heterocycles. The Morgan fingerprint density at radius 1 is 1.36 bits per heavy atom. The van der Waals surface area contributed by atoms with Crippen LogP contribution in [0.1, 0.15) is 5.56 Å². The number of hydrogen-bond acceptors (Lipinski definition) is 2. The lowest BCUT2D eigenvalue weighted by Crippen LogP contribution is -1.98. The molecule has 0 atom stereocenters. The normalized spacial score (nSPS) is 10.1. The Hall–Kier alpha value is -0.380. The molecule has 0 saturated heterocycles. The summed E-state index contributed by atoms with van der Waals surface area (Å²) >= 11 is 13.1. The number of halogens is 2. The van der Waals surface area contributed by atoms with Gasteiger partial charge in [-0.1, -0.05) is 29.3 Å². The molecule has 2 nitrogen and oxygen atoms in total. The summed E-state index contributed by atoms with van der Waals surface area (Å²) in [6.07, 6.45) is 0. The second kappa shape index (κ2) is 5.49. The number of thioether (sulfide) groups is 1. The molecular weight excluding hydrogens is 243 g/mol. The third-order valence-corrected chi connectivity index (χ3v) is 3.19. The van der Waals surface area contributed by atoms with Gasteiger partial charge in [0.2, 0.25) is 0 Å². The van der Waals surface area contributed by atoms with Crippen molar-refractivity contribution in [3.8, 4) is 0 Å². The Labute approximate surface area is 96.2 Å². The molecular formula is C9H8Cl2O2S. The number of aliphatic carboxylic acids is 1. The number of carboxylic acid groups (broad SMARTS) is 1. The van der Waals surface area contributed by atoms with Crippen molar-refractivity contribution in [1.29, 1.82) is 0 Å². The van der Waals surface area contributed by atoms with E-state index in [4.69, 9.17) is 28.3 Å². The Kier molecular flexibility index (Phi) is 4.58. The van der Waals surface area contributed by atoms with Crippen LogP contribution >= 0.6 is 35.0 Å². The Balaban J connectivity index is 2.62. The maximum atomic E-state index is 10.3. The van der Waals surface area contributed by atoms with Crippen LogP contribution in [0.5, 0.6) is 0 Å². The van der Waals surface area contributed by atoms with Crippen LogP contribution in [-0.2, 0) is 10.5 Å². The molecule has 0 amide bonds. The van der Waals surface area contributed by atoms with Gasteiger partial charge in [-0.3, -0.25) is 4.79 Å². The summed E-state index contributed by atoms with van der Waals surface area (Å²) in [5, 5.41) is 9.60. The maximum Gasteiger partial charge on any atom is 0.313 e. The summed E-state index contributed by atoms with van der Waals surface area (Å²) in [7, 11) is 0. The maximum absolute atomic E-state index is 10.3. The van der Waals surface area contributed by atoms with Gasteiger partial charge in [-0.25, -0.2) is 0 Å². The average molecular weight is 251 g/mol. The SMILES string of the molecule is O=C(O)CSCc1c(Cl)cccc1Cl. The first kappa shape index (κ1) is 11.7. The molecule has 1 aromatic carbocycles. The van der Waals surface area contributed by atoms with Crippen LogP contribution in [-0.4, -0.2) is 16.8 Å². The van der Waals surface area contributed by atoms with Gasteiger partial charge in [0.15, 0.2) is 0 Å². The van der Waals surface area contributed by atoms with Crippen LogP contribution in [0.2, 0.25) is 10.0 Å². The molecule has 0 unspecified atom stereocenters. The highest BCUT2D eigenvalue weighted by molar-refractivity contribution is 7.99. The topological polar surface area (TPSA) is 37.3 Å².